The Morgan fingerprint density at radius 1 is 0.932 bits per heavy atom. The van der Waals surface area contributed by atoms with E-state index in [9.17, 15) is 9.59 Å². The van der Waals surface area contributed by atoms with Crippen molar-refractivity contribution in [2.24, 2.45) is 0 Å². The standard InChI is InChI=1S/C34H40BrCl2N3O4/c1-2-34(15-6-3-7-16-34)39-22-25-19-24(20-26(35)31(25)38)33(42)44-18-9-8-17-43-30(41)21-23-11-4-5-14-29(23)40-32-27(36)12-10-13-28(32)37/h4-5,10-14,19-20,39-40H,2-3,6-9,15-18,21-22,38H2,1H3. The second-order valence-electron chi connectivity index (χ2n) is 11.2. The predicted molar refractivity (Wildman–Crippen MR) is 182 cm³/mol. The van der Waals surface area contributed by atoms with Gasteiger partial charge in [-0.05, 0) is 89.5 Å². The molecular formula is C34H40BrCl2N3O4. The van der Waals surface area contributed by atoms with Gasteiger partial charge in [0.2, 0.25) is 0 Å². The summed E-state index contributed by atoms with van der Waals surface area (Å²) < 4.78 is 11.6. The lowest BCUT2D eigenvalue weighted by Crippen LogP contribution is -2.45. The molecule has 7 nitrogen and oxygen atoms in total. The van der Waals surface area contributed by atoms with Gasteiger partial charge in [0.05, 0.1) is 46.6 Å². The van der Waals surface area contributed by atoms with E-state index in [4.69, 9.17) is 38.4 Å². The largest absolute Gasteiger partial charge is 0.465 e. The Labute approximate surface area is 278 Å². The topological polar surface area (TPSA) is 103 Å². The number of para-hydroxylation sites is 2. The van der Waals surface area contributed by atoms with Gasteiger partial charge in [-0.25, -0.2) is 4.79 Å². The van der Waals surface area contributed by atoms with Crippen molar-refractivity contribution < 1.29 is 19.1 Å². The SMILES string of the molecule is CCC1(NCc2cc(C(=O)OCCCCOC(=O)Cc3ccccc3Nc3c(Cl)cccc3Cl)cc(Br)c2N)CCCCC1. The summed E-state index contributed by atoms with van der Waals surface area (Å²) >= 11 is 16.1. The Hall–Kier alpha value is -2.78. The highest BCUT2D eigenvalue weighted by molar-refractivity contribution is 9.10. The van der Waals surface area contributed by atoms with Crippen molar-refractivity contribution in [3.05, 3.63) is 85.8 Å². The zero-order chi connectivity index (χ0) is 31.5. The fraction of sp³-hybridized carbons (Fsp3) is 0.412. The molecule has 1 aliphatic rings. The van der Waals surface area contributed by atoms with Crippen LogP contribution in [0.2, 0.25) is 10.0 Å². The molecule has 1 fully saturated rings. The molecule has 0 aliphatic heterocycles. The van der Waals surface area contributed by atoms with Crippen LogP contribution in [0.15, 0.2) is 59.1 Å². The van der Waals surface area contributed by atoms with Gasteiger partial charge in [-0.1, -0.05) is 73.7 Å². The van der Waals surface area contributed by atoms with Crippen molar-refractivity contribution in [1.82, 2.24) is 5.32 Å². The number of nitrogen functional groups attached to an aromatic ring is 1. The van der Waals surface area contributed by atoms with E-state index in [1.807, 2.05) is 30.3 Å². The van der Waals surface area contributed by atoms with E-state index in [2.05, 4.69) is 33.5 Å². The summed E-state index contributed by atoms with van der Waals surface area (Å²) in [5.41, 5.74) is 10.5. The predicted octanol–water partition coefficient (Wildman–Crippen LogP) is 9.01. The molecule has 0 atom stereocenters. The van der Waals surface area contributed by atoms with Gasteiger partial charge in [0.1, 0.15) is 0 Å². The first-order valence-corrected chi connectivity index (χ1v) is 16.7. The highest BCUT2D eigenvalue weighted by Gasteiger charge is 2.29. The maximum absolute atomic E-state index is 12.8. The van der Waals surface area contributed by atoms with E-state index in [0.717, 1.165) is 36.1 Å². The molecule has 3 aromatic carbocycles. The van der Waals surface area contributed by atoms with Crippen LogP contribution in [0.25, 0.3) is 0 Å². The number of carbonyl (C=O) groups is 2. The Kier molecular flexibility index (Phi) is 12.8. The van der Waals surface area contributed by atoms with E-state index in [1.165, 1.54) is 19.3 Å². The van der Waals surface area contributed by atoms with E-state index in [0.29, 0.717) is 50.8 Å². The van der Waals surface area contributed by atoms with E-state index in [-0.39, 0.29) is 31.1 Å². The minimum atomic E-state index is -0.408. The van der Waals surface area contributed by atoms with Crippen LogP contribution in [-0.2, 0) is 27.2 Å². The summed E-state index contributed by atoms with van der Waals surface area (Å²) in [6, 6.07) is 16.2. The average molecular weight is 706 g/mol. The van der Waals surface area contributed by atoms with Crippen LogP contribution in [0.4, 0.5) is 17.1 Å². The maximum Gasteiger partial charge on any atom is 0.338 e. The molecule has 10 heteroatoms. The zero-order valence-corrected chi connectivity index (χ0v) is 28.1. The number of anilines is 3. The van der Waals surface area contributed by atoms with Crippen molar-refractivity contribution >= 4 is 68.1 Å². The number of carbonyl (C=O) groups excluding carboxylic acids is 2. The molecule has 0 spiro atoms. The summed E-state index contributed by atoms with van der Waals surface area (Å²) in [4.78, 5) is 25.4. The monoisotopic (exact) mass is 703 g/mol. The third kappa shape index (κ3) is 9.36. The lowest BCUT2D eigenvalue weighted by atomic mass is 9.79. The Bertz CT molecular complexity index is 1430. The molecule has 1 saturated carbocycles. The first kappa shape index (κ1) is 34.1. The second-order valence-corrected chi connectivity index (χ2v) is 12.9. The van der Waals surface area contributed by atoms with Crippen LogP contribution < -0.4 is 16.4 Å². The summed E-state index contributed by atoms with van der Waals surface area (Å²) in [6.07, 6.45) is 8.34. The van der Waals surface area contributed by atoms with Gasteiger partial charge in [0, 0.05) is 22.2 Å². The number of nitrogens with two attached hydrogens (primary N) is 1. The molecule has 4 rings (SSSR count). The molecule has 44 heavy (non-hydrogen) atoms. The average Bonchev–Trinajstić information content (AvgIpc) is 3.02. The van der Waals surface area contributed by atoms with Crippen molar-refractivity contribution in [3.8, 4) is 0 Å². The summed E-state index contributed by atoms with van der Waals surface area (Å²) in [5, 5.41) is 7.93. The number of unbranched alkanes of at least 4 members (excludes halogenated alkanes) is 1. The van der Waals surface area contributed by atoms with Crippen molar-refractivity contribution in [3.63, 3.8) is 0 Å². The minimum Gasteiger partial charge on any atom is -0.465 e. The highest BCUT2D eigenvalue weighted by Crippen LogP contribution is 2.34. The van der Waals surface area contributed by atoms with Crippen LogP contribution >= 0.6 is 39.1 Å². The van der Waals surface area contributed by atoms with E-state index in [1.54, 1.807) is 24.3 Å². The number of nitrogens with one attached hydrogen (secondary N) is 2. The summed E-state index contributed by atoms with van der Waals surface area (Å²) in [5.74, 6) is -0.762. The van der Waals surface area contributed by atoms with Gasteiger partial charge in [0.25, 0.3) is 0 Å². The van der Waals surface area contributed by atoms with Gasteiger partial charge in [-0.3, -0.25) is 4.79 Å². The number of hydrogen-bond donors (Lipinski definition) is 3. The number of halogens is 3. The molecule has 0 unspecified atom stereocenters. The summed E-state index contributed by atoms with van der Waals surface area (Å²) in [6.45, 7) is 3.27. The first-order valence-electron chi connectivity index (χ1n) is 15.2. The maximum atomic E-state index is 12.8. The molecule has 0 saturated heterocycles. The molecule has 236 valence electrons. The number of benzene rings is 3. The van der Waals surface area contributed by atoms with Crippen LogP contribution in [0.1, 0.15) is 79.8 Å². The third-order valence-corrected chi connectivity index (χ3v) is 9.49. The Morgan fingerprint density at radius 2 is 1.61 bits per heavy atom. The highest BCUT2D eigenvalue weighted by atomic mass is 79.9. The van der Waals surface area contributed by atoms with Crippen LogP contribution in [0.3, 0.4) is 0 Å². The van der Waals surface area contributed by atoms with Crippen LogP contribution in [0, 0.1) is 0 Å². The molecular weight excluding hydrogens is 665 g/mol. The fourth-order valence-electron chi connectivity index (χ4n) is 5.50. The molecule has 4 N–H and O–H groups in total. The third-order valence-electron chi connectivity index (χ3n) is 8.20. The molecule has 0 aromatic heterocycles. The quantitative estimate of drug-likeness (QED) is 0.0874. The normalized spacial score (nSPS) is 14.2. The molecule has 0 amide bonds. The number of rotatable bonds is 14. The second kappa shape index (κ2) is 16.5. The minimum absolute atomic E-state index is 0.0861. The molecule has 0 radical (unpaired) electrons. The van der Waals surface area contributed by atoms with Crippen molar-refractivity contribution in [2.45, 2.75) is 76.8 Å². The molecule has 0 heterocycles. The first-order chi connectivity index (χ1) is 21.2. The molecule has 1 aliphatic carbocycles. The van der Waals surface area contributed by atoms with Crippen molar-refractivity contribution in [2.75, 3.05) is 24.3 Å². The van der Waals surface area contributed by atoms with E-state index >= 15 is 0 Å². The van der Waals surface area contributed by atoms with Gasteiger partial charge in [0.15, 0.2) is 0 Å². The summed E-state index contributed by atoms with van der Waals surface area (Å²) in [7, 11) is 0. The van der Waals surface area contributed by atoms with Crippen LogP contribution in [-0.4, -0.2) is 30.7 Å². The van der Waals surface area contributed by atoms with Crippen molar-refractivity contribution in [1.29, 1.82) is 0 Å². The smallest absolute Gasteiger partial charge is 0.338 e. The van der Waals surface area contributed by atoms with E-state index < -0.39 is 5.97 Å². The molecule has 0 bridgehead atoms. The van der Waals surface area contributed by atoms with Crippen LogP contribution in [0.5, 0.6) is 0 Å². The lowest BCUT2D eigenvalue weighted by Gasteiger charge is -2.38. The molecule has 3 aromatic rings. The fourth-order valence-corrected chi connectivity index (χ4v) is 6.49. The Morgan fingerprint density at radius 3 is 2.32 bits per heavy atom. The van der Waals surface area contributed by atoms with Gasteiger partial charge < -0.3 is 25.8 Å². The van der Waals surface area contributed by atoms with Gasteiger partial charge in [-0.15, -0.1) is 0 Å². The zero-order valence-electron chi connectivity index (χ0n) is 25.0. The van der Waals surface area contributed by atoms with Gasteiger partial charge >= 0.3 is 11.9 Å². The Balaban J connectivity index is 1.21. The number of esters is 2. The number of ether oxygens (including phenoxy) is 2. The van der Waals surface area contributed by atoms with Gasteiger partial charge in [-0.2, -0.15) is 0 Å². The number of hydrogen-bond acceptors (Lipinski definition) is 7. The lowest BCUT2D eigenvalue weighted by molar-refractivity contribution is -0.143.